The molecular weight excluding hydrogens is 161 g/mol. The van der Waals surface area contributed by atoms with Gasteiger partial charge in [-0.25, -0.2) is 0 Å². The molecule has 1 nitrogen and oxygen atoms in total. The number of nitrogens with zero attached hydrogens (tertiary/aromatic N) is 1. The Bertz CT molecular complexity index is 117. The van der Waals surface area contributed by atoms with Crippen molar-refractivity contribution in [2.24, 2.45) is 0 Å². The Hall–Kier alpha value is 0.324. The van der Waals surface area contributed by atoms with Crippen molar-refractivity contribution in [2.45, 2.75) is 26.2 Å². The van der Waals surface area contributed by atoms with Gasteiger partial charge < -0.3 is 8.67 Å². The summed E-state index contributed by atoms with van der Waals surface area (Å²) in [5.74, 6) is 0. The summed E-state index contributed by atoms with van der Waals surface area (Å²) >= 11 is 0. The molecule has 0 atom stereocenters. The predicted octanol–water partition coefficient (Wildman–Crippen LogP) is 2.01. The monoisotopic (exact) mass is 179 g/mol. The normalized spacial score (nSPS) is 14.4. The van der Waals surface area contributed by atoms with Crippen LogP contribution >= 0.6 is 0 Å². The third-order valence-electron chi connectivity index (χ3n) is 2.57. The molecule has 0 saturated carbocycles. The minimum absolute atomic E-state index is 1.68. The molecule has 10 heavy (non-hydrogen) atoms. The van der Waals surface area contributed by atoms with E-state index in [4.69, 9.17) is 0 Å². The van der Waals surface area contributed by atoms with E-state index in [0.717, 1.165) is 0 Å². The molecular formula is C6H18FNSi2. The van der Waals surface area contributed by atoms with Crippen LogP contribution in [-0.2, 0) is 0 Å². The van der Waals surface area contributed by atoms with E-state index in [1.54, 1.807) is 13.1 Å². The van der Waals surface area contributed by atoms with Gasteiger partial charge in [0.1, 0.15) is 7.75 Å². The van der Waals surface area contributed by atoms with Crippen molar-refractivity contribution in [3.8, 4) is 0 Å². The molecule has 0 aromatic carbocycles. The summed E-state index contributed by atoms with van der Waals surface area (Å²) in [6, 6.07) is 0. The van der Waals surface area contributed by atoms with Crippen LogP contribution in [0.1, 0.15) is 0 Å². The standard InChI is InChI=1S/C6H18FNSi2/c1-8(2)10(5,6)9(3,4)7/h1-6H3. The van der Waals surface area contributed by atoms with Crippen LogP contribution in [-0.4, -0.2) is 34.3 Å². The van der Waals surface area contributed by atoms with Gasteiger partial charge >= 0.3 is 0 Å². The molecule has 0 unspecified atom stereocenters. The van der Waals surface area contributed by atoms with Gasteiger partial charge in [0.25, 0.3) is 0 Å². The second-order valence-corrected chi connectivity index (χ2v) is 18.1. The third-order valence-corrected chi connectivity index (χ3v) is 17.8. The quantitative estimate of drug-likeness (QED) is 0.463. The second-order valence-electron chi connectivity index (χ2n) is 3.93. The molecule has 0 fully saturated rings. The van der Waals surface area contributed by atoms with Gasteiger partial charge in [0.15, 0.2) is 0 Å². The van der Waals surface area contributed by atoms with Crippen molar-refractivity contribution in [3.05, 3.63) is 0 Å². The first-order valence-electron chi connectivity index (χ1n) is 3.56. The summed E-state index contributed by atoms with van der Waals surface area (Å²) in [6.45, 7) is 7.80. The van der Waals surface area contributed by atoms with Gasteiger partial charge in [0, 0.05) is 0 Å². The van der Waals surface area contributed by atoms with Crippen molar-refractivity contribution in [1.82, 2.24) is 4.57 Å². The van der Waals surface area contributed by atoms with Gasteiger partial charge in [-0.15, -0.1) is 0 Å². The molecule has 0 N–H and O–H groups in total. The summed E-state index contributed by atoms with van der Waals surface area (Å²) in [4.78, 5) is 0. The van der Waals surface area contributed by atoms with Gasteiger partial charge in [-0.3, -0.25) is 0 Å². The molecule has 0 aromatic heterocycles. The summed E-state index contributed by atoms with van der Waals surface area (Å²) in [6.07, 6.45) is 0. The number of halogens is 1. The van der Waals surface area contributed by atoms with Gasteiger partial charge in [-0.05, 0) is 27.2 Å². The summed E-state index contributed by atoms with van der Waals surface area (Å²) in [5, 5.41) is 0. The van der Waals surface area contributed by atoms with E-state index >= 15 is 0 Å². The maximum Gasteiger partial charge on any atom is 0.244 e. The Morgan fingerprint density at radius 2 is 1.30 bits per heavy atom. The largest absolute Gasteiger partial charge is 0.329 e. The van der Waals surface area contributed by atoms with Crippen LogP contribution in [0.15, 0.2) is 0 Å². The zero-order valence-corrected chi connectivity index (χ0v) is 9.83. The molecule has 0 spiro atoms. The molecule has 0 aromatic rings. The fourth-order valence-electron chi connectivity index (χ4n) is 0.532. The average Bonchev–Trinajstić information content (AvgIpc) is 1.62. The summed E-state index contributed by atoms with van der Waals surface area (Å²) in [5.41, 5.74) is 0. The van der Waals surface area contributed by atoms with E-state index in [2.05, 4.69) is 17.7 Å². The average molecular weight is 179 g/mol. The zero-order chi connectivity index (χ0) is 8.58. The summed E-state index contributed by atoms with van der Waals surface area (Å²) in [7, 11) is -0.0865. The zero-order valence-electron chi connectivity index (χ0n) is 7.83. The molecule has 0 rings (SSSR count). The van der Waals surface area contributed by atoms with E-state index in [1.807, 2.05) is 14.1 Å². The Labute approximate surface area is 65.3 Å². The van der Waals surface area contributed by atoms with Crippen LogP contribution in [0.2, 0.25) is 26.2 Å². The molecule has 62 valence electrons. The highest BCUT2D eigenvalue weighted by Gasteiger charge is 2.44. The fraction of sp³-hybridized carbons (Fsp3) is 1.00. The van der Waals surface area contributed by atoms with Crippen molar-refractivity contribution in [2.75, 3.05) is 14.1 Å². The van der Waals surface area contributed by atoms with Gasteiger partial charge in [-0.2, -0.15) is 0 Å². The smallest absolute Gasteiger partial charge is 0.244 e. The second kappa shape index (κ2) is 2.75. The van der Waals surface area contributed by atoms with Crippen LogP contribution in [0, 0.1) is 0 Å². The van der Waals surface area contributed by atoms with E-state index in [9.17, 15) is 4.11 Å². The summed E-state index contributed by atoms with van der Waals surface area (Å²) < 4.78 is 15.7. The molecule has 0 aliphatic heterocycles. The first-order valence-corrected chi connectivity index (χ1v) is 10.4. The minimum Gasteiger partial charge on any atom is -0.329 e. The van der Waals surface area contributed by atoms with E-state index in [-0.39, 0.29) is 0 Å². The molecule has 0 aliphatic carbocycles. The Balaban J connectivity index is 4.40. The molecule has 0 aliphatic rings. The van der Waals surface area contributed by atoms with Crippen LogP contribution in [0.5, 0.6) is 0 Å². The minimum atomic E-state index is -2.38. The lowest BCUT2D eigenvalue weighted by Gasteiger charge is -2.36. The maximum absolute atomic E-state index is 13.6. The SMILES string of the molecule is CN(C)[Si](C)(C)[Si](C)(C)F. The first-order chi connectivity index (χ1) is 4.19. The Kier molecular flexibility index (Phi) is 2.84. The van der Waals surface area contributed by atoms with Crippen LogP contribution in [0.3, 0.4) is 0 Å². The van der Waals surface area contributed by atoms with Crippen LogP contribution in [0.25, 0.3) is 0 Å². The molecule has 0 bridgehead atoms. The Morgan fingerprint density at radius 3 is 1.30 bits per heavy atom. The Morgan fingerprint density at radius 1 is 1.00 bits per heavy atom. The topological polar surface area (TPSA) is 3.24 Å². The van der Waals surface area contributed by atoms with Gasteiger partial charge in [-0.1, -0.05) is 13.1 Å². The van der Waals surface area contributed by atoms with Crippen molar-refractivity contribution < 1.29 is 4.11 Å². The predicted molar refractivity (Wildman–Crippen MR) is 49.8 cm³/mol. The fourth-order valence-corrected chi connectivity index (χ4v) is 4.79. The lowest BCUT2D eigenvalue weighted by molar-refractivity contribution is 0.627. The lowest BCUT2D eigenvalue weighted by Crippen LogP contribution is -2.61. The van der Waals surface area contributed by atoms with Crippen LogP contribution < -0.4 is 0 Å². The molecule has 0 saturated heterocycles. The van der Waals surface area contributed by atoms with E-state index in [0.29, 0.717) is 0 Å². The molecule has 0 amide bonds. The van der Waals surface area contributed by atoms with Gasteiger partial charge in [0.05, 0.1) is 0 Å². The lowest BCUT2D eigenvalue weighted by atomic mass is 11.3. The highest BCUT2D eigenvalue weighted by molar-refractivity contribution is 7.36. The number of hydrogen-bond donors (Lipinski definition) is 0. The van der Waals surface area contributed by atoms with Crippen LogP contribution in [0.4, 0.5) is 4.11 Å². The van der Waals surface area contributed by atoms with E-state index < -0.39 is 15.7 Å². The molecule has 0 radical (unpaired) electrons. The highest BCUT2D eigenvalue weighted by atomic mass is 29.3. The molecule has 4 heteroatoms. The van der Waals surface area contributed by atoms with E-state index in [1.165, 1.54) is 0 Å². The van der Waals surface area contributed by atoms with Crippen molar-refractivity contribution >= 4 is 15.7 Å². The number of rotatable bonds is 2. The third kappa shape index (κ3) is 1.90. The van der Waals surface area contributed by atoms with Gasteiger partial charge in [0.2, 0.25) is 7.93 Å². The highest BCUT2D eigenvalue weighted by Crippen LogP contribution is 2.21. The first kappa shape index (κ1) is 10.3. The van der Waals surface area contributed by atoms with Crippen molar-refractivity contribution in [3.63, 3.8) is 0 Å². The number of hydrogen-bond acceptors (Lipinski definition) is 1. The maximum atomic E-state index is 13.6. The van der Waals surface area contributed by atoms with Crippen molar-refractivity contribution in [1.29, 1.82) is 0 Å². The molecule has 0 heterocycles.